The summed E-state index contributed by atoms with van der Waals surface area (Å²) >= 11 is 0. The number of likely N-dealkylation sites (N-methyl/N-ethyl adjacent to an activating group) is 1. The minimum absolute atomic E-state index is 0.0139. The Bertz CT molecular complexity index is 516. The van der Waals surface area contributed by atoms with Gasteiger partial charge in [-0.15, -0.1) is 0 Å². The number of rotatable bonds is 5. The number of benzene rings is 1. The number of nitrogens with zero attached hydrogens (tertiary/aromatic N) is 2. The molecule has 0 saturated carbocycles. The minimum atomic E-state index is 0.0139. The van der Waals surface area contributed by atoms with Crippen LogP contribution in [0.5, 0.6) is 0 Å². The first-order valence-electron chi connectivity index (χ1n) is 8.16. The van der Waals surface area contributed by atoms with Crippen LogP contribution in [0.3, 0.4) is 0 Å². The monoisotopic (exact) mass is 303 g/mol. The molecule has 0 aromatic heterocycles. The molecule has 1 fully saturated rings. The van der Waals surface area contributed by atoms with E-state index in [1.165, 1.54) is 5.56 Å². The number of hydrogen-bond acceptors (Lipinski definition) is 3. The van der Waals surface area contributed by atoms with E-state index in [-0.39, 0.29) is 11.9 Å². The first kappa shape index (κ1) is 17.0. The quantitative estimate of drug-likeness (QED) is 0.908. The number of nitrogens with one attached hydrogen (secondary N) is 1. The van der Waals surface area contributed by atoms with Crippen molar-refractivity contribution in [3.63, 3.8) is 0 Å². The molecule has 22 heavy (non-hydrogen) atoms. The van der Waals surface area contributed by atoms with E-state index < -0.39 is 0 Å². The third kappa shape index (κ3) is 4.08. The van der Waals surface area contributed by atoms with E-state index >= 15 is 0 Å². The molecule has 1 aromatic rings. The maximum Gasteiger partial charge on any atom is 0.241 e. The Hall–Kier alpha value is -1.39. The lowest BCUT2D eigenvalue weighted by Gasteiger charge is -2.25. The van der Waals surface area contributed by atoms with Gasteiger partial charge in [-0.1, -0.05) is 17.7 Å². The topological polar surface area (TPSA) is 35.6 Å². The zero-order valence-corrected chi connectivity index (χ0v) is 14.6. The van der Waals surface area contributed by atoms with Crippen LogP contribution in [-0.2, 0) is 4.79 Å². The van der Waals surface area contributed by atoms with Crippen molar-refractivity contribution in [2.45, 2.75) is 39.7 Å². The van der Waals surface area contributed by atoms with Gasteiger partial charge in [0.25, 0.3) is 0 Å². The second-order valence-corrected chi connectivity index (χ2v) is 6.76. The summed E-state index contributed by atoms with van der Waals surface area (Å²) in [5.74, 6) is 0.145. The van der Waals surface area contributed by atoms with Crippen molar-refractivity contribution in [1.82, 2.24) is 9.80 Å². The summed E-state index contributed by atoms with van der Waals surface area (Å²) in [7, 11) is 4.15. The molecule has 1 aliphatic rings. The molecule has 1 N–H and O–H groups in total. The van der Waals surface area contributed by atoms with Gasteiger partial charge >= 0.3 is 0 Å². The van der Waals surface area contributed by atoms with Gasteiger partial charge in [0, 0.05) is 18.8 Å². The summed E-state index contributed by atoms with van der Waals surface area (Å²) in [6.07, 6.45) is 2.07. The van der Waals surface area contributed by atoms with Gasteiger partial charge in [0.1, 0.15) is 0 Å². The maximum atomic E-state index is 12.7. The summed E-state index contributed by atoms with van der Waals surface area (Å²) in [6.45, 7) is 9.19. The minimum Gasteiger partial charge on any atom is -0.324 e. The van der Waals surface area contributed by atoms with E-state index in [0.717, 1.165) is 49.3 Å². The number of hydrogen-bond donors (Lipinski definition) is 1. The first-order chi connectivity index (χ1) is 10.4. The van der Waals surface area contributed by atoms with E-state index in [2.05, 4.69) is 62.1 Å². The predicted octanol–water partition coefficient (Wildman–Crippen LogP) is 2.58. The molecule has 122 valence electrons. The van der Waals surface area contributed by atoms with Crippen molar-refractivity contribution in [2.75, 3.05) is 39.0 Å². The number of carbonyl (C=O) groups excluding carboxylic acids is 1. The lowest BCUT2D eigenvalue weighted by molar-refractivity contribution is -0.120. The number of carbonyl (C=O) groups is 1. The van der Waals surface area contributed by atoms with Gasteiger partial charge in [0.15, 0.2) is 0 Å². The van der Waals surface area contributed by atoms with Crippen LogP contribution in [0.1, 0.15) is 29.5 Å². The molecular weight excluding hydrogens is 274 g/mol. The molecule has 1 aliphatic heterocycles. The van der Waals surface area contributed by atoms with Crippen LogP contribution in [0.15, 0.2) is 12.1 Å². The second-order valence-electron chi connectivity index (χ2n) is 6.76. The Labute approximate surface area is 134 Å². The van der Waals surface area contributed by atoms with Crippen LogP contribution in [0.4, 0.5) is 5.69 Å². The highest BCUT2D eigenvalue weighted by Gasteiger charge is 2.30. The lowest BCUT2D eigenvalue weighted by atomic mass is 10.0. The molecule has 0 radical (unpaired) electrons. The highest BCUT2D eigenvalue weighted by atomic mass is 16.2. The average molecular weight is 303 g/mol. The standard InChI is InChI=1S/C18H29N3O/c1-13-11-14(2)17(15(3)12-13)19-18(22)16-7-6-8-21(16)10-9-20(4)5/h11-12,16H,6-10H2,1-5H3,(H,19,22)/t16-/m1/s1. The molecule has 1 atom stereocenters. The van der Waals surface area contributed by atoms with Gasteiger partial charge in [-0.2, -0.15) is 0 Å². The van der Waals surface area contributed by atoms with Crippen molar-refractivity contribution in [1.29, 1.82) is 0 Å². The summed E-state index contributed by atoms with van der Waals surface area (Å²) in [4.78, 5) is 17.2. The molecule has 4 heteroatoms. The smallest absolute Gasteiger partial charge is 0.241 e. The van der Waals surface area contributed by atoms with Crippen LogP contribution < -0.4 is 5.32 Å². The van der Waals surface area contributed by atoms with E-state index in [4.69, 9.17) is 0 Å². The molecule has 0 spiro atoms. The number of anilines is 1. The fraction of sp³-hybridized carbons (Fsp3) is 0.611. The predicted molar refractivity (Wildman–Crippen MR) is 92.4 cm³/mol. The van der Waals surface area contributed by atoms with Gasteiger partial charge in [-0.25, -0.2) is 0 Å². The zero-order chi connectivity index (χ0) is 16.3. The fourth-order valence-electron chi connectivity index (χ4n) is 3.30. The highest BCUT2D eigenvalue weighted by molar-refractivity contribution is 5.96. The molecule has 0 aliphatic carbocycles. The van der Waals surface area contributed by atoms with Crippen LogP contribution in [0.25, 0.3) is 0 Å². The lowest BCUT2D eigenvalue weighted by Crippen LogP contribution is -2.42. The Morgan fingerprint density at radius 2 is 1.91 bits per heavy atom. The Morgan fingerprint density at radius 1 is 1.27 bits per heavy atom. The van der Waals surface area contributed by atoms with Gasteiger partial charge in [-0.3, -0.25) is 9.69 Å². The number of amides is 1. The molecule has 1 amide bonds. The highest BCUT2D eigenvalue weighted by Crippen LogP contribution is 2.24. The average Bonchev–Trinajstić information content (AvgIpc) is 2.88. The van der Waals surface area contributed by atoms with E-state index in [1.54, 1.807) is 0 Å². The van der Waals surface area contributed by atoms with E-state index in [0.29, 0.717) is 0 Å². The van der Waals surface area contributed by atoms with Crippen LogP contribution in [-0.4, -0.2) is 55.5 Å². The largest absolute Gasteiger partial charge is 0.324 e. The molecule has 1 heterocycles. The summed E-state index contributed by atoms with van der Waals surface area (Å²) in [5.41, 5.74) is 4.50. The first-order valence-corrected chi connectivity index (χ1v) is 8.16. The van der Waals surface area contributed by atoms with Gasteiger partial charge in [0.2, 0.25) is 5.91 Å². The molecule has 1 aromatic carbocycles. The molecular formula is C18H29N3O. The van der Waals surface area contributed by atoms with Crippen molar-refractivity contribution >= 4 is 11.6 Å². The third-order valence-corrected chi connectivity index (χ3v) is 4.43. The van der Waals surface area contributed by atoms with Crippen molar-refractivity contribution in [3.8, 4) is 0 Å². The Morgan fingerprint density at radius 3 is 2.50 bits per heavy atom. The molecule has 0 bridgehead atoms. The van der Waals surface area contributed by atoms with Crippen molar-refractivity contribution in [2.24, 2.45) is 0 Å². The Balaban J connectivity index is 2.05. The van der Waals surface area contributed by atoms with E-state index in [9.17, 15) is 4.79 Å². The zero-order valence-electron chi connectivity index (χ0n) is 14.6. The summed E-state index contributed by atoms with van der Waals surface area (Å²) < 4.78 is 0. The van der Waals surface area contributed by atoms with Crippen LogP contribution >= 0.6 is 0 Å². The molecule has 0 unspecified atom stereocenters. The molecule has 4 nitrogen and oxygen atoms in total. The third-order valence-electron chi connectivity index (χ3n) is 4.43. The number of aryl methyl sites for hydroxylation is 3. The van der Waals surface area contributed by atoms with Gasteiger partial charge < -0.3 is 10.2 Å². The van der Waals surface area contributed by atoms with Crippen LogP contribution in [0.2, 0.25) is 0 Å². The fourth-order valence-corrected chi connectivity index (χ4v) is 3.30. The Kier molecular flexibility index (Phi) is 5.59. The summed E-state index contributed by atoms with van der Waals surface area (Å²) in [6, 6.07) is 4.27. The van der Waals surface area contributed by atoms with Crippen LogP contribution in [0, 0.1) is 20.8 Å². The number of likely N-dealkylation sites (tertiary alicyclic amines) is 1. The normalized spacial score (nSPS) is 18.9. The van der Waals surface area contributed by atoms with Gasteiger partial charge in [-0.05, 0) is 65.4 Å². The van der Waals surface area contributed by atoms with Crippen molar-refractivity contribution < 1.29 is 4.79 Å². The van der Waals surface area contributed by atoms with Crippen molar-refractivity contribution in [3.05, 3.63) is 28.8 Å². The second kappa shape index (κ2) is 7.25. The SMILES string of the molecule is Cc1cc(C)c(NC(=O)[C@H]2CCCN2CCN(C)C)c(C)c1. The van der Waals surface area contributed by atoms with E-state index in [1.807, 2.05) is 0 Å². The maximum absolute atomic E-state index is 12.7. The molecule has 1 saturated heterocycles. The summed E-state index contributed by atoms with van der Waals surface area (Å²) in [5, 5.41) is 3.17. The molecule has 2 rings (SSSR count). The van der Waals surface area contributed by atoms with Gasteiger partial charge in [0.05, 0.1) is 6.04 Å².